The molecule has 2 amide bonds. The van der Waals surface area contributed by atoms with Gasteiger partial charge in [0, 0.05) is 59.5 Å². The maximum atomic E-state index is 13.8. The van der Waals surface area contributed by atoms with E-state index in [2.05, 4.69) is 41.9 Å². The van der Waals surface area contributed by atoms with E-state index in [0.717, 1.165) is 72.3 Å². The molecule has 210 valence electrons. The monoisotopic (exact) mass is 560 g/mol. The Morgan fingerprint density at radius 1 is 0.786 bits per heavy atom. The van der Waals surface area contributed by atoms with E-state index in [0.29, 0.717) is 28.2 Å². The third kappa shape index (κ3) is 3.84. The Bertz CT molecular complexity index is 1820. The second kappa shape index (κ2) is 9.44. The molecule has 0 atom stereocenters. The minimum atomic E-state index is -0.259. The Morgan fingerprint density at radius 2 is 1.40 bits per heavy atom. The number of nitrogens with one attached hydrogen (secondary N) is 1. The average molecular weight is 561 g/mol. The Hall–Kier alpha value is -5.19. The highest BCUT2D eigenvalue weighted by molar-refractivity contribution is 6.28. The van der Waals surface area contributed by atoms with Gasteiger partial charge in [0.05, 0.1) is 12.9 Å². The van der Waals surface area contributed by atoms with Crippen molar-refractivity contribution in [1.82, 2.24) is 24.8 Å². The Labute approximate surface area is 240 Å². The number of imidazole rings is 1. The molecule has 2 fully saturated rings. The minimum Gasteiger partial charge on any atom is -0.471 e. The third-order valence-corrected chi connectivity index (χ3v) is 8.46. The molecule has 0 unspecified atom stereocenters. The number of carbonyl (C=O) groups is 2. The first-order chi connectivity index (χ1) is 20.5. The SMILES string of the molecule is Nc1nc(OCc2ccc(CN3C(=O)c4ccc(N5CCC5)c5c(N6CCC6)ccc(c45)C3=O)cc2)c2nc[nH]c2n1. The number of rotatable bonds is 7. The van der Waals surface area contributed by atoms with E-state index < -0.39 is 0 Å². The highest BCUT2D eigenvalue weighted by Gasteiger charge is 2.36. The number of benzene rings is 3. The number of aromatic nitrogens is 4. The van der Waals surface area contributed by atoms with Gasteiger partial charge in [-0.1, -0.05) is 24.3 Å². The molecule has 5 aromatic rings. The first kappa shape index (κ1) is 24.6. The number of imide groups is 1. The summed E-state index contributed by atoms with van der Waals surface area (Å²) in [6, 6.07) is 15.6. The molecule has 5 heterocycles. The van der Waals surface area contributed by atoms with E-state index in [1.54, 1.807) is 0 Å². The number of hydrogen-bond donors (Lipinski definition) is 2. The summed E-state index contributed by atoms with van der Waals surface area (Å²) in [6.07, 6.45) is 3.82. The minimum absolute atomic E-state index is 0.0961. The van der Waals surface area contributed by atoms with Gasteiger partial charge in [-0.2, -0.15) is 9.97 Å². The number of ether oxygens (including phenoxy) is 1. The van der Waals surface area contributed by atoms with Crippen molar-refractivity contribution in [3.8, 4) is 5.88 Å². The van der Waals surface area contributed by atoms with E-state index >= 15 is 0 Å². The van der Waals surface area contributed by atoms with Gasteiger partial charge in [-0.25, -0.2) is 4.98 Å². The lowest BCUT2D eigenvalue weighted by molar-refractivity contribution is 0.0598. The van der Waals surface area contributed by atoms with Gasteiger partial charge in [-0.15, -0.1) is 0 Å². The van der Waals surface area contributed by atoms with Crippen LogP contribution in [-0.4, -0.2) is 62.8 Å². The summed E-state index contributed by atoms with van der Waals surface area (Å²) in [7, 11) is 0. The predicted molar refractivity (Wildman–Crippen MR) is 159 cm³/mol. The van der Waals surface area contributed by atoms with E-state index in [1.807, 2.05) is 36.4 Å². The van der Waals surface area contributed by atoms with Crippen molar-refractivity contribution in [2.24, 2.45) is 0 Å². The van der Waals surface area contributed by atoms with Crippen molar-refractivity contribution in [2.75, 3.05) is 41.7 Å². The zero-order valence-electron chi connectivity index (χ0n) is 22.8. The van der Waals surface area contributed by atoms with Crippen LogP contribution in [0.3, 0.4) is 0 Å². The lowest BCUT2D eigenvalue weighted by Crippen LogP contribution is -2.42. The molecular formula is C31H28N8O3. The van der Waals surface area contributed by atoms with Crippen molar-refractivity contribution < 1.29 is 14.3 Å². The van der Waals surface area contributed by atoms with Gasteiger partial charge in [-0.3, -0.25) is 14.5 Å². The number of nitrogens with two attached hydrogens (primary N) is 1. The second-order valence-electron chi connectivity index (χ2n) is 11.0. The summed E-state index contributed by atoms with van der Waals surface area (Å²) in [5.74, 6) is -0.121. The summed E-state index contributed by atoms with van der Waals surface area (Å²) in [5.41, 5.74) is 11.9. The molecule has 3 aliphatic rings. The zero-order valence-corrected chi connectivity index (χ0v) is 22.8. The smallest absolute Gasteiger partial charge is 0.261 e. The van der Waals surface area contributed by atoms with Gasteiger partial charge in [0.25, 0.3) is 11.8 Å². The van der Waals surface area contributed by atoms with Crippen molar-refractivity contribution >= 4 is 51.1 Å². The molecule has 11 nitrogen and oxygen atoms in total. The van der Waals surface area contributed by atoms with Gasteiger partial charge in [0.1, 0.15) is 6.61 Å². The highest BCUT2D eigenvalue weighted by Crippen LogP contribution is 2.43. The van der Waals surface area contributed by atoms with Crippen LogP contribution in [0, 0.1) is 0 Å². The fraction of sp³-hybridized carbons (Fsp3) is 0.258. The molecule has 3 N–H and O–H groups in total. The van der Waals surface area contributed by atoms with Crippen LogP contribution in [0.1, 0.15) is 44.7 Å². The highest BCUT2D eigenvalue weighted by atomic mass is 16.5. The maximum Gasteiger partial charge on any atom is 0.261 e. The summed E-state index contributed by atoms with van der Waals surface area (Å²) in [4.78, 5) is 49.0. The number of nitrogen functional groups attached to an aromatic ring is 1. The molecule has 8 rings (SSSR count). The van der Waals surface area contributed by atoms with Crippen LogP contribution in [0.5, 0.6) is 5.88 Å². The van der Waals surface area contributed by atoms with E-state index in [9.17, 15) is 9.59 Å². The van der Waals surface area contributed by atoms with E-state index in [4.69, 9.17) is 10.5 Å². The standard InChI is InChI=1S/C31H28N8O3/c32-31-35-27-26(33-17-34-27)28(36-31)42-16-19-5-3-18(4-6-19)15-39-29(40)20-7-9-22(37-11-1-12-37)25-23(38-13-2-14-38)10-8-21(24(20)25)30(39)41/h3-10,17H,1-2,11-16H2,(H3,32,33,34,35,36). The van der Waals surface area contributed by atoms with Crippen LogP contribution in [0.2, 0.25) is 0 Å². The van der Waals surface area contributed by atoms with Crippen LogP contribution in [0.25, 0.3) is 21.9 Å². The molecule has 0 saturated carbocycles. The zero-order chi connectivity index (χ0) is 28.4. The first-order valence-corrected chi connectivity index (χ1v) is 14.2. The third-order valence-electron chi connectivity index (χ3n) is 8.46. The van der Waals surface area contributed by atoms with Gasteiger partial charge in [-0.05, 0) is 48.2 Å². The molecular weight excluding hydrogens is 532 g/mol. The molecule has 0 spiro atoms. The van der Waals surface area contributed by atoms with Crippen molar-refractivity contribution in [3.63, 3.8) is 0 Å². The van der Waals surface area contributed by atoms with E-state index in [-0.39, 0.29) is 30.9 Å². The average Bonchev–Trinajstić information content (AvgIpc) is 3.41. The second-order valence-corrected chi connectivity index (χ2v) is 11.0. The first-order valence-electron chi connectivity index (χ1n) is 14.2. The predicted octanol–water partition coefficient (Wildman–Crippen LogP) is 3.88. The molecule has 0 radical (unpaired) electrons. The molecule has 0 bridgehead atoms. The number of hydrogen-bond acceptors (Lipinski definition) is 9. The topological polar surface area (TPSA) is 134 Å². The Kier molecular flexibility index (Phi) is 5.53. The van der Waals surface area contributed by atoms with Crippen molar-refractivity contribution in [1.29, 1.82) is 0 Å². The summed E-state index contributed by atoms with van der Waals surface area (Å²) in [6.45, 7) is 4.40. The Balaban J connectivity index is 1.05. The van der Waals surface area contributed by atoms with Crippen LogP contribution in [-0.2, 0) is 13.2 Å². The number of carbonyl (C=O) groups excluding carboxylic acids is 2. The maximum absolute atomic E-state index is 13.8. The van der Waals surface area contributed by atoms with Crippen LogP contribution < -0.4 is 20.3 Å². The fourth-order valence-corrected chi connectivity index (χ4v) is 5.99. The van der Waals surface area contributed by atoms with Gasteiger partial charge >= 0.3 is 0 Å². The summed E-state index contributed by atoms with van der Waals surface area (Å²) >= 11 is 0. The molecule has 2 saturated heterocycles. The summed E-state index contributed by atoms with van der Waals surface area (Å²) < 4.78 is 5.88. The molecule has 3 aromatic carbocycles. The van der Waals surface area contributed by atoms with Gasteiger partial charge in [0.15, 0.2) is 11.2 Å². The van der Waals surface area contributed by atoms with Gasteiger partial charge in [0.2, 0.25) is 11.8 Å². The largest absolute Gasteiger partial charge is 0.471 e. The molecule has 3 aliphatic heterocycles. The molecule has 11 heteroatoms. The van der Waals surface area contributed by atoms with Crippen molar-refractivity contribution in [3.05, 3.63) is 77.1 Å². The number of aromatic amines is 1. The fourth-order valence-electron chi connectivity index (χ4n) is 5.99. The summed E-state index contributed by atoms with van der Waals surface area (Å²) in [5, 5.41) is 1.83. The quantitative estimate of drug-likeness (QED) is 0.284. The molecule has 42 heavy (non-hydrogen) atoms. The molecule has 0 aliphatic carbocycles. The number of amides is 2. The normalized spacial score (nSPS) is 16.2. The Morgan fingerprint density at radius 3 is 2.00 bits per heavy atom. The molecule has 2 aromatic heterocycles. The lowest BCUT2D eigenvalue weighted by Gasteiger charge is -2.39. The van der Waals surface area contributed by atoms with E-state index in [1.165, 1.54) is 11.2 Å². The number of anilines is 3. The van der Waals surface area contributed by atoms with Crippen LogP contribution in [0.4, 0.5) is 17.3 Å². The van der Waals surface area contributed by atoms with Crippen LogP contribution in [0.15, 0.2) is 54.9 Å². The van der Waals surface area contributed by atoms with Crippen LogP contribution >= 0.6 is 0 Å². The van der Waals surface area contributed by atoms with Crippen molar-refractivity contribution in [2.45, 2.75) is 26.0 Å². The number of fused-ring (bicyclic) bond motifs is 1. The number of H-pyrrole nitrogens is 1. The lowest BCUT2D eigenvalue weighted by atomic mass is 9.90. The van der Waals surface area contributed by atoms with Gasteiger partial charge < -0.3 is 25.3 Å². The number of nitrogens with zero attached hydrogens (tertiary/aromatic N) is 6.